The first kappa shape index (κ1) is 31.3. The van der Waals surface area contributed by atoms with Gasteiger partial charge in [-0.2, -0.15) is 0 Å². The van der Waals surface area contributed by atoms with Crippen LogP contribution in [0.15, 0.2) is 131 Å². The summed E-state index contributed by atoms with van der Waals surface area (Å²) in [5.41, 5.74) is 5.39. The Morgan fingerprint density at radius 1 is 0.479 bits per heavy atom. The summed E-state index contributed by atoms with van der Waals surface area (Å²) in [5.74, 6) is 0.921. The van der Waals surface area contributed by atoms with Gasteiger partial charge in [-0.1, -0.05) is 71.8 Å². The van der Waals surface area contributed by atoms with Gasteiger partial charge in [0.2, 0.25) is 0 Å². The van der Waals surface area contributed by atoms with E-state index in [2.05, 4.69) is 0 Å². The Kier molecular flexibility index (Phi) is 7.65. The van der Waals surface area contributed by atoms with Crippen LogP contribution in [-0.2, 0) is 20.0 Å². The first-order chi connectivity index (χ1) is 23.0. The molecule has 0 amide bonds. The van der Waals surface area contributed by atoms with Crippen LogP contribution >= 0.6 is 0 Å². The van der Waals surface area contributed by atoms with Gasteiger partial charge >= 0.3 is 0 Å². The average molecular weight is 677 g/mol. The van der Waals surface area contributed by atoms with Crippen LogP contribution in [0.4, 0.5) is 0 Å². The second-order valence-corrected chi connectivity index (χ2v) is 15.2. The zero-order valence-electron chi connectivity index (χ0n) is 26.7. The summed E-state index contributed by atoms with van der Waals surface area (Å²) in [4.78, 5) is 0.343. The van der Waals surface area contributed by atoms with Gasteiger partial charge in [-0.15, -0.1) is 0 Å². The van der Waals surface area contributed by atoms with E-state index < -0.39 is 20.0 Å². The van der Waals surface area contributed by atoms with E-state index in [1.54, 1.807) is 105 Å². The normalized spacial score (nSPS) is 12.1. The lowest BCUT2D eigenvalue weighted by molar-refractivity contribution is 0.396. The summed E-state index contributed by atoms with van der Waals surface area (Å²) in [6, 6.07) is 31.7. The molecular formula is C38H32N2O6S2. The van der Waals surface area contributed by atoms with Crippen molar-refractivity contribution in [2.75, 3.05) is 14.2 Å². The Morgan fingerprint density at radius 3 is 1.23 bits per heavy atom. The van der Waals surface area contributed by atoms with E-state index in [0.717, 1.165) is 11.1 Å². The number of benzene rings is 5. The summed E-state index contributed by atoms with van der Waals surface area (Å²) in [6.45, 7) is 3.81. The molecule has 0 unspecified atom stereocenters. The topological polar surface area (TPSA) is 96.6 Å². The molecule has 0 saturated heterocycles. The van der Waals surface area contributed by atoms with E-state index in [4.69, 9.17) is 9.47 Å². The second-order valence-electron chi connectivity index (χ2n) is 11.6. The minimum Gasteiger partial charge on any atom is -0.496 e. The van der Waals surface area contributed by atoms with Crippen LogP contribution in [-0.4, -0.2) is 39.0 Å². The van der Waals surface area contributed by atoms with Gasteiger partial charge in [0, 0.05) is 51.5 Å². The van der Waals surface area contributed by atoms with E-state index >= 15 is 0 Å². The van der Waals surface area contributed by atoms with Crippen molar-refractivity contribution < 1.29 is 26.3 Å². The van der Waals surface area contributed by atoms with Gasteiger partial charge in [0.05, 0.1) is 35.0 Å². The first-order valence-electron chi connectivity index (χ1n) is 15.2. The van der Waals surface area contributed by atoms with E-state index in [1.807, 2.05) is 44.2 Å². The van der Waals surface area contributed by atoms with Crippen molar-refractivity contribution in [1.29, 1.82) is 0 Å². The Labute approximate surface area is 279 Å². The lowest BCUT2D eigenvalue weighted by Gasteiger charge is -2.15. The predicted octanol–water partition coefficient (Wildman–Crippen LogP) is 8.04. The molecule has 10 heteroatoms. The van der Waals surface area contributed by atoms with Crippen molar-refractivity contribution in [2.45, 2.75) is 23.6 Å². The molecule has 0 aliphatic rings. The molecule has 7 aromatic rings. The molecule has 0 atom stereocenters. The average Bonchev–Trinajstić information content (AvgIpc) is 3.68. The molecule has 0 radical (unpaired) electrons. The van der Waals surface area contributed by atoms with Gasteiger partial charge in [0.25, 0.3) is 20.0 Å². The van der Waals surface area contributed by atoms with Gasteiger partial charge in [-0.25, -0.2) is 24.8 Å². The third-order valence-corrected chi connectivity index (χ3v) is 12.0. The highest BCUT2D eigenvalue weighted by molar-refractivity contribution is 7.90. The molecule has 0 N–H and O–H groups in total. The van der Waals surface area contributed by atoms with Gasteiger partial charge in [0.1, 0.15) is 11.5 Å². The highest BCUT2D eigenvalue weighted by Gasteiger charge is 2.27. The molecule has 8 nitrogen and oxygen atoms in total. The Bertz CT molecular complexity index is 2390. The van der Waals surface area contributed by atoms with Crippen molar-refractivity contribution in [1.82, 2.24) is 7.94 Å². The Morgan fingerprint density at radius 2 is 0.854 bits per heavy atom. The monoisotopic (exact) mass is 676 g/mol. The number of para-hydroxylation sites is 2. The lowest BCUT2D eigenvalue weighted by Crippen LogP contribution is -2.11. The number of hydrogen-bond acceptors (Lipinski definition) is 6. The van der Waals surface area contributed by atoms with Gasteiger partial charge in [0.15, 0.2) is 0 Å². The maximum Gasteiger partial charge on any atom is 0.268 e. The fourth-order valence-corrected chi connectivity index (χ4v) is 8.83. The van der Waals surface area contributed by atoms with Crippen molar-refractivity contribution >= 4 is 41.9 Å². The van der Waals surface area contributed by atoms with Crippen molar-refractivity contribution in [3.63, 3.8) is 0 Å². The second kappa shape index (κ2) is 11.7. The smallest absolute Gasteiger partial charge is 0.268 e. The summed E-state index contributed by atoms with van der Waals surface area (Å²) >= 11 is 0. The minimum absolute atomic E-state index is 0.172. The maximum atomic E-state index is 14.0. The molecule has 7 rings (SSSR count). The van der Waals surface area contributed by atoms with Crippen molar-refractivity contribution in [3.8, 4) is 33.8 Å². The molecule has 0 spiro atoms. The van der Waals surface area contributed by atoms with Crippen molar-refractivity contribution in [3.05, 3.63) is 133 Å². The number of ether oxygens (including phenoxy) is 2. The van der Waals surface area contributed by atoms with E-state index in [-0.39, 0.29) is 9.79 Å². The molecule has 2 heterocycles. The Hall–Kier alpha value is -5.32. The van der Waals surface area contributed by atoms with E-state index in [1.165, 1.54) is 7.94 Å². The zero-order chi connectivity index (χ0) is 33.8. The molecular weight excluding hydrogens is 645 g/mol. The van der Waals surface area contributed by atoms with Crippen LogP contribution < -0.4 is 9.47 Å². The standard InChI is InChI=1S/C38H32N2O6S2/c1-25-13-17-27(18-14-25)47(41,42)39-23-33(29-9-5-7-11-35(29)39)31-21-32(38(46-4)22-37(31)45-3)34-24-40(36-12-8-6-10-30(34)36)48(43,44)28-19-15-26(2)16-20-28/h5-24H,1-4H3. The molecule has 0 aliphatic heterocycles. The minimum atomic E-state index is -3.95. The molecule has 0 aliphatic carbocycles. The summed E-state index contributed by atoms with van der Waals surface area (Å²) in [6.07, 6.45) is 3.22. The number of nitrogens with zero attached hydrogens (tertiary/aromatic N) is 2. The van der Waals surface area contributed by atoms with Gasteiger partial charge in [-0.05, 0) is 56.3 Å². The number of methoxy groups -OCH3 is 2. The predicted molar refractivity (Wildman–Crippen MR) is 189 cm³/mol. The molecule has 0 fully saturated rings. The SMILES string of the molecule is COc1cc(OC)c(-c2cn(S(=O)(=O)c3ccc(C)cc3)c3ccccc23)cc1-c1cn(S(=O)(=O)c2ccc(C)cc2)c2ccccc12. The lowest BCUT2D eigenvalue weighted by atomic mass is 9.96. The fraction of sp³-hybridized carbons (Fsp3) is 0.105. The number of aryl methyl sites for hydroxylation is 2. The summed E-state index contributed by atoms with van der Waals surface area (Å²) < 4.78 is 70.2. The van der Waals surface area contributed by atoms with Crippen LogP contribution in [0.25, 0.3) is 44.1 Å². The van der Waals surface area contributed by atoms with Gasteiger partial charge in [-0.3, -0.25) is 0 Å². The van der Waals surface area contributed by atoms with Crippen LogP contribution in [0.5, 0.6) is 11.5 Å². The molecule has 0 bridgehead atoms. The summed E-state index contributed by atoms with van der Waals surface area (Å²) in [7, 11) is -4.82. The van der Waals surface area contributed by atoms with E-state index in [0.29, 0.717) is 55.6 Å². The zero-order valence-corrected chi connectivity index (χ0v) is 28.3. The molecule has 2 aromatic heterocycles. The van der Waals surface area contributed by atoms with E-state index in [9.17, 15) is 16.8 Å². The third-order valence-electron chi connectivity index (χ3n) is 8.61. The molecule has 5 aromatic carbocycles. The maximum absolute atomic E-state index is 14.0. The van der Waals surface area contributed by atoms with Crippen LogP contribution in [0, 0.1) is 13.8 Å². The third kappa shape index (κ3) is 5.04. The number of aromatic nitrogens is 2. The van der Waals surface area contributed by atoms with Crippen LogP contribution in [0.3, 0.4) is 0 Å². The van der Waals surface area contributed by atoms with Crippen molar-refractivity contribution in [2.24, 2.45) is 0 Å². The van der Waals surface area contributed by atoms with Gasteiger partial charge < -0.3 is 9.47 Å². The largest absolute Gasteiger partial charge is 0.496 e. The highest BCUT2D eigenvalue weighted by atomic mass is 32.2. The fourth-order valence-electron chi connectivity index (χ4n) is 6.09. The molecule has 48 heavy (non-hydrogen) atoms. The molecule has 242 valence electrons. The highest BCUT2D eigenvalue weighted by Crippen LogP contribution is 2.46. The summed E-state index contributed by atoms with van der Waals surface area (Å²) in [5, 5.41) is 1.40. The number of hydrogen-bond donors (Lipinski definition) is 0. The quantitative estimate of drug-likeness (QED) is 0.162. The number of fused-ring (bicyclic) bond motifs is 2. The first-order valence-corrected chi connectivity index (χ1v) is 18.0. The van der Waals surface area contributed by atoms with Crippen LogP contribution in [0.1, 0.15) is 11.1 Å². The Balaban J connectivity index is 1.47. The van der Waals surface area contributed by atoms with Crippen LogP contribution in [0.2, 0.25) is 0 Å². The number of rotatable bonds is 8. The molecule has 0 saturated carbocycles.